The molecule has 1 heterocycles. The highest BCUT2D eigenvalue weighted by Gasteiger charge is 2.27. The van der Waals surface area contributed by atoms with Crippen LogP contribution < -0.4 is 0 Å². The lowest BCUT2D eigenvalue weighted by molar-refractivity contribution is -0.339. The van der Waals surface area contributed by atoms with Crippen LogP contribution in [0.4, 0.5) is 5.69 Å². The Hall–Kier alpha value is -1.49. The van der Waals surface area contributed by atoms with Crippen molar-refractivity contribution in [2.75, 3.05) is 0 Å². The molecule has 1 aromatic heterocycles. The van der Waals surface area contributed by atoms with E-state index in [0.717, 1.165) is 9.45 Å². The zero-order valence-corrected chi connectivity index (χ0v) is 10.3. The van der Waals surface area contributed by atoms with Crippen LogP contribution in [0.3, 0.4) is 0 Å². The molecular formula is C11H14NO3S+. The average molecular weight is 240 g/mol. The quantitative estimate of drug-likeness (QED) is 0.501. The molecule has 1 N–H and O–H groups in total. The van der Waals surface area contributed by atoms with Gasteiger partial charge in [-0.3, -0.25) is 0 Å². The van der Waals surface area contributed by atoms with Gasteiger partial charge in [0, 0.05) is 10.9 Å². The van der Waals surface area contributed by atoms with Crippen molar-refractivity contribution in [2.45, 2.75) is 26.2 Å². The van der Waals surface area contributed by atoms with Gasteiger partial charge < -0.3 is 5.11 Å². The lowest BCUT2D eigenvalue weighted by Gasteiger charge is -2.14. The van der Waals surface area contributed by atoms with E-state index in [1.165, 1.54) is 11.3 Å². The Morgan fingerprint density at radius 2 is 2.12 bits per heavy atom. The molecule has 0 saturated heterocycles. The van der Waals surface area contributed by atoms with Crippen LogP contribution in [0, 0.1) is 0 Å². The summed E-state index contributed by atoms with van der Waals surface area (Å²) in [5, 5.41) is 9.03. The van der Waals surface area contributed by atoms with Gasteiger partial charge in [-0.15, -0.1) is 15.9 Å². The van der Waals surface area contributed by atoms with Crippen LogP contribution in [0.25, 0.3) is 0 Å². The molecular weight excluding hydrogens is 226 g/mol. The Bertz CT molecular complexity index is 454. The number of carbonyl (C=O) groups excluding carboxylic acids is 1. The van der Waals surface area contributed by atoms with Crippen molar-refractivity contribution in [1.82, 2.24) is 0 Å². The molecule has 4 nitrogen and oxygen atoms in total. The van der Waals surface area contributed by atoms with Gasteiger partial charge in [0.15, 0.2) is 4.88 Å². The zero-order chi connectivity index (χ0) is 12.5. The first-order chi connectivity index (χ1) is 7.27. The second-order valence-electron chi connectivity index (χ2n) is 4.46. The van der Waals surface area contributed by atoms with Crippen molar-refractivity contribution in [3.63, 3.8) is 0 Å². The predicted octanol–water partition coefficient (Wildman–Crippen LogP) is 2.24. The highest BCUT2D eigenvalue weighted by molar-refractivity contribution is 7.14. The number of hydrogen-bond donors (Lipinski definition) is 1. The lowest BCUT2D eigenvalue weighted by Crippen LogP contribution is -2.08. The Balaban J connectivity index is 3.37. The van der Waals surface area contributed by atoms with E-state index < -0.39 is 5.97 Å². The Kier molecular flexibility index (Phi) is 3.28. The Labute approximate surface area is 97.8 Å². The van der Waals surface area contributed by atoms with E-state index in [-0.39, 0.29) is 10.3 Å². The number of aromatic carboxylic acids is 1. The zero-order valence-electron chi connectivity index (χ0n) is 9.48. The SMILES string of the molecule is C=[N+](C=O)c1cc(C(C)(C)C)sc1C(=O)O. The fraction of sp³-hybridized carbons (Fsp3) is 0.364. The molecule has 0 aliphatic rings. The third-order valence-corrected chi connectivity index (χ3v) is 3.62. The third-order valence-electron chi connectivity index (χ3n) is 2.08. The summed E-state index contributed by atoms with van der Waals surface area (Å²) in [5.74, 6) is -1.04. The van der Waals surface area contributed by atoms with Gasteiger partial charge in [-0.05, 0) is 5.41 Å². The van der Waals surface area contributed by atoms with Gasteiger partial charge in [0.25, 0.3) is 0 Å². The van der Waals surface area contributed by atoms with Crippen LogP contribution in [0.1, 0.15) is 35.3 Å². The molecule has 0 unspecified atom stereocenters. The van der Waals surface area contributed by atoms with Crippen molar-refractivity contribution >= 4 is 36.1 Å². The normalized spacial score (nSPS) is 11.2. The predicted molar refractivity (Wildman–Crippen MR) is 63.1 cm³/mol. The van der Waals surface area contributed by atoms with Crippen LogP contribution >= 0.6 is 11.3 Å². The minimum Gasteiger partial charge on any atom is -0.477 e. The molecule has 0 aliphatic carbocycles. The van der Waals surface area contributed by atoms with Gasteiger partial charge in [0.2, 0.25) is 5.69 Å². The van der Waals surface area contributed by atoms with E-state index in [9.17, 15) is 9.59 Å². The Morgan fingerprint density at radius 3 is 2.50 bits per heavy atom. The fourth-order valence-corrected chi connectivity index (χ4v) is 2.24. The van der Waals surface area contributed by atoms with E-state index in [1.54, 1.807) is 6.07 Å². The van der Waals surface area contributed by atoms with E-state index >= 15 is 0 Å². The fourth-order valence-electron chi connectivity index (χ4n) is 1.17. The summed E-state index contributed by atoms with van der Waals surface area (Å²) in [5.41, 5.74) is 0.203. The molecule has 0 saturated carbocycles. The average Bonchev–Trinajstić information content (AvgIpc) is 2.60. The summed E-state index contributed by atoms with van der Waals surface area (Å²) < 4.78 is 1.04. The minimum atomic E-state index is -1.04. The molecule has 1 aromatic rings. The van der Waals surface area contributed by atoms with Gasteiger partial charge in [0.05, 0.1) is 0 Å². The highest BCUT2D eigenvalue weighted by atomic mass is 32.1. The van der Waals surface area contributed by atoms with Gasteiger partial charge in [-0.25, -0.2) is 9.59 Å². The first-order valence-corrected chi connectivity index (χ1v) is 5.51. The van der Waals surface area contributed by atoms with Crippen molar-refractivity contribution < 1.29 is 19.3 Å². The molecule has 1 rings (SSSR count). The maximum atomic E-state index is 11.0. The molecule has 0 atom stereocenters. The van der Waals surface area contributed by atoms with Crippen molar-refractivity contribution in [2.24, 2.45) is 0 Å². The number of hydrogen-bond acceptors (Lipinski definition) is 3. The topological polar surface area (TPSA) is 57.4 Å². The molecule has 1 amide bonds. The van der Waals surface area contributed by atoms with Crippen LogP contribution in [0.15, 0.2) is 6.07 Å². The van der Waals surface area contributed by atoms with Crippen LogP contribution in [-0.4, -0.2) is 28.8 Å². The minimum absolute atomic E-state index is 0.142. The summed E-state index contributed by atoms with van der Waals surface area (Å²) in [6.45, 7) is 9.44. The molecule has 0 bridgehead atoms. The summed E-state index contributed by atoms with van der Waals surface area (Å²) in [6, 6.07) is 1.70. The number of carbonyl (C=O) groups is 2. The molecule has 16 heavy (non-hydrogen) atoms. The molecule has 0 radical (unpaired) electrons. The molecule has 0 aromatic carbocycles. The third kappa shape index (κ3) is 2.36. The van der Waals surface area contributed by atoms with Crippen LogP contribution in [0.2, 0.25) is 0 Å². The smallest absolute Gasteiger partial charge is 0.380 e. The van der Waals surface area contributed by atoms with Crippen molar-refractivity contribution in [3.8, 4) is 0 Å². The van der Waals surface area contributed by atoms with Gasteiger partial charge in [-0.1, -0.05) is 20.8 Å². The number of rotatable bonds is 3. The molecule has 0 fully saturated rings. The summed E-state index contributed by atoms with van der Waals surface area (Å²) >= 11 is 1.18. The number of nitrogens with zero attached hydrogens (tertiary/aromatic N) is 1. The maximum absolute atomic E-state index is 11.0. The summed E-state index contributed by atoms with van der Waals surface area (Å²) in [4.78, 5) is 22.7. The molecule has 5 heteroatoms. The molecule has 86 valence electrons. The monoisotopic (exact) mass is 240 g/mol. The Morgan fingerprint density at radius 1 is 1.56 bits per heavy atom. The largest absolute Gasteiger partial charge is 0.477 e. The van der Waals surface area contributed by atoms with Crippen LogP contribution in [0.5, 0.6) is 0 Å². The number of thiophene rings is 1. The van der Waals surface area contributed by atoms with Crippen molar-refractivity contribution in [3.05, 3.63) is 15.8 Å². The van der Waals surface area contributed by atoms with E-state index in [1.807, 2.05) is 20.8 Å². The van der Waals surface area contributed by atoms with E-state index in [4.69, 9.17) is 5.11 Å². The van der Waals surface area contributed by atoms with E-state index in [2.05, 4.69) is 6.72 Å². The number of carboxylic acids is 1. The van der Waals surface area contributed by atoms with Gasteiger partial charge in [0.1, 0.15) is 6.72 Å². The summed E-state index contributed by atoms with van der Waals surface area (Å²) in [6.07, 6.45) is 0.501. The summed E-state index contributed by atoms with van der Waals surface area (Å²) in [7, 11) is 0. The standard InChI is InChI=1S/C11H13NO3S/c1-11(2,3)8-5-7(12(4)6-13)9(16-8)10(14)15/h5-6H,4H2,1-3H3/p+1. The second-order valence-corrected chi connectivity index (χ2v) is 5.51. The number of carboxylic acid groups (broad SMARTS) is 1. The lowest BCUT2D eigenvalue weighted by atomic mass is 9.94. The number of amides is 1. The highest BCUT2D eigenvalue weighted by Crippen LogP contribution is 2.36. The maximum Gasteiger partial charge on any atom is 0.380 e. The first kappa shape index (κ1) is 12.6. The molecule has 0 aliphatic heterocycles. The second kappa shape index (κ2) is 4.17. The van der Waals surface area contributed by atoms with Gasteiger partial charge in [-0.2, -0.15) is 0 Å². The van der Waals surface area contributed by atoms with Crippen LogP contribution in [-0.2, 0) is 10.2 Å². The van der Waals surface area contributed by atoms with Crippen molar-refractivity contribution in [1.29, 1.82) is 0 Å². The molecule has 0 spiro atoms. The van der Waals surface area contributed by atoms with Gasteiger partial charge >= 0.3 is 12.4 Å². The van der Waals surface area contributed by atoms with E-state index in [0.29, 0.717) is 12.1 Å². The first-order valence-electron chi connectivity index (χ1n) is 4.70.